The van der Waals surface area contributed by atoms with E-state index in [9.17, 15) is 5.11 Å². The molecule has 0 spiro atoms. The lowest BCUT2D eigenvalue weighted by Crippen LogP contribution is -2.19. The fourth-order valence-corrected chi connectivity index (χ4v) is 4.22. The Morgan fingerprint density at radius 1 is 1.06 bits per heavy atom. The molecule has 0 radical (unpaired) electrons. The van der Waals surface area contributed by atoms with Gasteiger partial charge in [-0.15, -0.1) is 0 Å². The minimum absolute atomic E-state index is 0.401. The molecule has 4 unspecified atom stereocenters. The maximum Gasteiger partial charge on any atom is 0.0821 e. The van der Waals surface area contributed by atoms with Crippen molar-refractivity contribution in [1.82, 2.24) is 0 Å². The van der Waals surface area contributed by atoms with Crippen LogP contribution in [0.2, 0.25) is 10.0 Å². The largest absolute Gasteiger partial charge is 0.388 e. The summed E-state index contributed by atoms with van der Waals surface area (Å²) in [6, 6.07) is 5.38. The van der Waals surface area contributed by atoms with E-state index in [1.807, 2.05) is 12.1 Å². The number of rotatable bonds is 2. The molecule has 0 saturated heterocycles. The van der Waals surface area contributed by atoms with Gasteiger partial charge in [-0.1, -0.05) is 29.6 Å². The van der Waals surface area contributed by atoms with Gasteiger partial charge in [0.05, 0.1) is 6.10 Å². The van der Waals surface area contributed by atoms with Gasteiger partial charge >= 0.3 is 0 Å². The van der Waals surface area contributed by atoms with Crippen molar-refractivity contribution in [1.29, 1.82) is 0 Å². The molecule has 1 N–H and O–H groups in total. The Kier molecular flexibility index (Phi) is 3.10. The number of benzene rings is 1. The Morgan fingerprint density at radius 2 is 1.76 bits per heavy atom. The van der Waals surface area contributed by atoms with E-state index in [1.54, 1.807) is 6.07 Å². The average molecular weight is 271 g/mol. The van der Waals surface area contributed by atoms with Crippen LogP contribution in [0, 0.1) is 17.8 Å². The van der Waals surface area contributed by atoms with E-state index in [-0.39, 0.29) is 0 Å². The number of aliphatic hydroxyl groups excluding tert-OH is 1. The fourth-order valence-electron chi connectivity index (χ4n) is 3.67. The van der Waals surface area contributed by atoms with E-state index in [1.165, 1.54) is 19.3 Å². The Hall–Kier alpha value is -0.240. The number of fused-ring (bicyclic) bond motifs is 2. The number of halogens is 2. The maximum absolute atomic E-state index is 10.5. The molecule has 0 aliphatic heterocycles. The molecule has 1 nitrogen and oxygen atoms in total. The highest BCUT2D eigenvalue weighted by molar-refractivity contribution is 6.34. The third-order valence-electron chi connectivity index (χ3n) is 4.42. The van der Waals surface area contributed by atoms with Gasteiger partial charge in [-0.25, -0.2) is 0 Å². The first kappa shape index (κ1) is 11.8. The summed E-state index contributed by atoms with van der Waals surface area (Å²) in [5, 5.41) is 11.7. The summed E-state index contributed by atoms with van der Waals surface area (Å²) in [6.45, 7) is 0. The lowest BCUT2D eigenvalue weighted by Gasteiger charge is -2.27. The van der Waals surface area contributed by atoms with Gasteiger partial charge in [-0.05, 0) is 60.8 Å². The van der Waals surface area contributed by atoms with E-state index in [0.717, 1.165) is 17.9 Å². The highest BCUT2D eigenvalue weighted by atomic mass is 35.5. The van der Waals surface area contributed by atoms with Crippen LogP contribution in [-0.2, 0) is 0 Å². The maximum atomic E-state index is 10.5. The molecule has 1 aromatic carbocycles. The summed E-state index contributed by atoms with van der Waals surface area (Å²) < 4.78 is 0. The molecule has 2 bridgehead atoms. The van der Waals surface area contributed by atoms with Gasteiger partial charge in [-0.2, -0.15) is 0 Å². The molecular formula is C14H16Cl2O. The second-order valence-electron chi connectivity index (χ2n) is 5.49. The van der Waals surface area contributed by atoms with Crippen molar-refractivity contribution in [3.8, 4) is 0 Å². The zero-order chi connectivity index (χ0) is 12.0. The number of hydrogen-bond acceptors (Lipinski definition) is 1. The molecule has 92 valence electrons. The molecule has 1 aromatic rings. The Balaban J connectivity index is 1.83. The Bertz CT molecular complexity index is 412. The molecule has 0 aromatic heterocycles. The van der Waals surface area contributed by atoms with E-state index in [4.69, 9.17) is 23.2 Å². The van der Waals surface area contributed by atoms with Crippen LogP contribution in [0.4, 0.5) is 0 Å². The molecule has 2 aliphatic rings. The smallest absolute Gasteiger partial charge is 0.0821 e. The van der Waals surface area contributed by atoms with Gasteiger partial charge in [0.2, 0.25) is 0 Å². The van der Waals surface area contributed by atoms with Crippen LogP contribution in [0.3, 0.4) is 0 Å². The van der Waals surface area contributed by atoms with Gasteiger partial charge in [0.25, 0.3) is 0 Å². The topological polar surface area (TPSA) is 20.2 Å². The van der Waals surface area contributed by atoms with Crippen molar-refractivity contribution in [2.45, 2.75) is 31.8 Å². The molecule has 3 heteroatoms. The standard InChI is InChI=1S/C14H16Cl2O/c15-11-5-10(6-12(16)7-11)14(17)13-4-8-1-2-9(13)3-8/h5-9,13-14,17H,1-4H2. The zero-order valence-electron chi connectivity index (χ0n) is 9.57. The minimum atomic E-state index is -0.401. The second kappa shape index (κ2) is 4.46. The van der Waals surface area contributed by atoms with Crippen LogP contribution in [-0.4, -0.2) is 5.11 Å². The fraction of sp³-hybridized carbons (Fsp3) is 0.571. The van der Waals surface area contributed by atoms with Crippen molar-refractivity contribution in [2.24, 2.45) is 17.8 Å². The second-order valence-corrected chi connectivity index (χ2v) is 6.36. The van der Waals surface area contributed by atoms with E-state index >= 15 is 0 Å². The first-order valence-electron chi connectivity index (χ1n) is 6.27. The Morgan fingerprint density at radius 3 is 2.29 bits per heavy atom. The van der Waals surface area contributed by atoms with Crippen molar-refractivity contribution in [3.63, 3.8) is 0 Å². The van der Waals surface area contributed by atoms with Gasteiger partial charge in [0, 0.05) is 10.0 Å². The highest BCUT2D eigenvalue weighted by Gasteiger charge is 2.43. The summed E-state index contributed by atoms with van der Waals surface area (Å²) in [4.78, 5) is 0. The normalized spacial score (nSPS) is 33.0. The number of hydrogen-bond donors (Lipinski definition) is 1. The Labute approximate surface area is 112 Å². The predicted octanol–water partition coefficient (Wildman–Crippen LogP) is 4.46. The summed E-state index contributed by atoms with van der Waals surface area (Å²) >= 11 is 12.0. The van der Waals surface area contributed by atoms with Crippen LogP contribution >= 0.6 is 23.2 Å². The van der Waals surface area contributed by atoms with Crippen LogP contribution in [0.5, 0.6) is 0 Å². The van der Waals surface area contributed by atoms with Crippen LogP contribution in [0.1, 0.15) is 37.4 Å². The average Bonchev–Trinajstić information content (AvgIpc) is 2.88. The third kappa shape index (κ3) is 2.21. The quantitative estimate of drug-likeness (QED) is 0.841. The van der Waals surface area contributed by atoms with Crippen LogP contribution in [0.15, 0.2) is 18.2 Å². The minimum Gasteiger partial charge on any atom is -0.388 e. The zero-order valence-corrected chi connectivity index (χ0v) is 11.1. The third-order valence-corrected chi connectivity index (χ3v) is 4.86. The van der Waals surface area contributed by atoms with Gasteiger partial charge in [-0.3, -0.25) is 0 Å². The molecule has 17 heavy (non-hydrogen) atoms. The summed E-state index contributed by atoms with van der Waals surface area (Å²) in [5.74, 6) is 1.95. The SMILES string of the molecule is OC(c1cc(Cl)cc(Cl)c1)C1CC2CCC1C2. The lowest BCUT2D eigenvalue weighted by molar-refractivity contribution is 0.0745. The van der Waals surface area contributed by atoms with E-state index in [2.05, 4.69) is 0 Å². The van der Waals surface area contributed by atoms with Crippen molar-refractivity contribution >= 4 is 23.2 Å². The molecular weight excluding hydrogens is 255 g/mol. The summed E-state index contributed by atoms with van der Waals surface area (Å²) in [7, 11) is 0. The molecule has 0 amide bonds. The van der Waals surface area contributed by atoms with Gasteiger partial charge in [0.15, 0.2) is 0 Å². The molecule has 2 aliphatic carbocycles. The molecule has 2 fully saturated rings. The summed E-state index contributed by atoms with van der Waals surface area (Å²) in [5.41, 5.74) is 0.875. The number of aliphatic hydroxyl groups is 1. The monoisotopic (exact) mass is 270 g/mol. The van der Waals surface area contributed by atoms with Gasteiger partial charge in [0.1, 0.15) is 0 Å². The van der Waals surface area contributed by atoms with Crippen molar-refractivity contribution in [2.75, 3.05) is 0 Å². The molecule has 0 heterocycles. The van der Waals surface area contributed by atoms with Crippen molar-refractivity contribution in [3.05, 3.63) is 33.8 Å². The molecule has 2 saturated carbocycles. The molecule has 4 atom stereocenters. The highest BCUT2D eigenvalue weighted by Crippen LogP contribution is 2.52. The first-order valence-corrected chi connectivity index (χ1v) is 7.03. The van der Waals surface area contributed by atoms with Gasteiger partial charge < -0.3 is 5.11 Å². The lowest BCUT2D eigenvalue weighted by atomic mass is 9.82. The first-order chi connectivity index (χ1) is 8.13. The van der Waals surface area contributed by atoms with Crippen LogP contribution < -0.4 is 0 Å². The van der Waals surface area contributed by atoms with E-state index < -0.39 is 6.10 Å². The van der Waals surface area contributed by atoms with E-state index in [0.29, 0.717) is 21.9 Å². The summed E-state index contributed by atoms with van der Waals surface area (Å²) in [6.07, 6.45) is 4.69. The molecule has 3 rings (SSSR count). The van der Waals surface area contributed by atoms with Crippen molar-refractivity contribution < 1.29 is 5.11 Å². The van der Waals surface area contributed by atoms with Crippen LogP contribution in [0.25, 0.3) is 0 Å². The predicted molar refractivity (Wildman–Crippen MR) is 70.4 cm³/mol.